The molecule has 26 heavy (non-hydrogen) atoms. The van der Waals surface area contributed by atoms with Crippen molar-refractivity contribution in [3.05, 3.63) is 47.9 Å². The highest BCUT2D eigenvalue weighted by atomic mass is 16.5. The van der Waals surface area contributed by atoms with Gasteiger partial charge in [-0.05, 0) is 62.7 Å². The molecule has 2 aromatic rings. The van der Waals surface area contributed by atoms with Gasteiger partial charge in [0.25, 0.3) is 0 Å². The van der Waals surface area contributed by atoms with Crippen molar-refractivity contribution in [1.82, 2.24) is 4.90 Å². The third kappa shape index (κ3) is 3.85. The summed E-state index contributed by atoms with van der Waals surface area (Å²) in [5.74, 6) is 1.26. The maximum absolute atomic E-state index is 11.2. The lowest BCUT2D eigenvalue weighted by molar-refractivity contribution is -0.143. The van der Waals surface area contributed by atoms with Crippen molar-refractivity contribution >= 4 is 5.97 Å². The predicted octanol–water partition coefficient (Wildman–Crippen LogP) is 3.57. The van der Waals surface area contributed by atoms with Gasteiger partial charge in [-0.3, -0.25) is 9.69 Å². The van der Waals surface area contributed by atoms with Gasteiger partial charge in [0.05, 0.1) is 31.9 Å². The molecule has 0 radical (unpaired) electrons. The predicted molar refractivity (Wildman–Crippen MR) is 96.6 cm³/mol. The van der Waals surface area contributed by atoms with Gasteiger partial charge >= 0.3 is 5.97 Å². The van der Waals surface area contributed by atoms with Gasteiger partial charge in [-0.15, -0.1) is 0 Å². The molecule has 1 aromatic carbocycles. The van der Waals surface area contributed by atoms with E-state index in [1.165, 1.54) is 0 Å². The number of furan rings is 1. The minimum absolute atomic E-state index is 0.0793. The number of carbonyl (C=O) groups is 1. The third-order valence-corrected chi connectivity index (χ3v) is 4.86. The zero-order chi connectivity index (χ0) is 18.5. The lowest BCUT2D eigenvalue weighted by atomic mass is 9.93. The van der Waals surface area contributed by atoms with E-state index < -0.39 is 5.97 Å². The molecule has 0 bridgehead atoms. The quantitative estimate of drug-likeness (QED) is 0.815. The summed E-state index contributed by atoms with van der Waals surface area (Å²) in [6, 6.07) is 9.65. The van der Waals surface area contributed by atoms with Gasteiger partial charge < -0.3 is 19.0 Å². The number of aliphatic carboxylic acids is 1. The van der Waals surface area contributed by atoms with Crippen molar-refractivity contribution in [2.75, 3.05) is 26.8 Å². The van der Waals surface area contributed by atoms with Crippen LogP contribution in [0.15, 0.2) is 41.0 Å². The first-order valence-corrected chi connectivity index (χ1v) is 8.95. The van der Waals surface area contributed by atoms with Crippen LogP contribution in [0.1, 0.15) is 37.1 Å². The van der Waals surface area contributed by atoms with E-state index >= 15 is 0 Å². The normalized spacial score (nSPS) is 17.0. The minimum Gasteiger partial charge on any atom is -0.493 e. The molecule has 1 atom stereocenters. The molecule has 2 heterocycles. The maximum Gasteiger partial charge on any atom is 0.306 e. The number of hydrogen-bond donors (Lipinski definition) is 1. The van der Waals surface area contributed by atoms with Gasteiger partial charge in [-0.25, -0.2) is 0 Å². The monoisotopic (exact) mass is 359 g/mol. The fourth-order valence-corrected chi connectivity index (χ4v) is 3.54. The van der Waals surface area contributed by atoms with E-state index in [2.05, 4.69) is 4.90 Å². The second-order valence-electron chi connectivity index (χ2n) is 6.41. The van der Waals surface area contributed by atoms with E-state index in [4.69, 9.17) is 13.9 Å². The Labute approximate surface area is 153 Å². The fourth-order valence-electron chi connectivity index (χ4n) is 3.54. The first kappa shape index (κ1) is 18.3. The number of likely N-dealkylation sites (tertiary alicyclic amines) is 1. The van der Waals surface area contributed by atoms with Crippen molar-refractivity contribution in [3.63, 3.8) is 0 Å². The number of benzene rings is 1. The molecular weight excluding hydrogens is 334 g/mol. The van der Waals surface area contributed by atoms with Crippen LogP contribution in [0.25, 0.3) is 0 Å². The van der Waals surface area contributed by atoms with E-state index in [0.717, 1.165) is 11.3 Å². The van der Waals surface area contributed by atoms with Gasteiger partial charge in [0, 0.05) is 0 Å². The topological polar surface area (TPSA) is 72.1 Å². The van der Waals surface area contributed by atoms with Crippen molar-refractivity contribution in [3.8, 4) is 11.5 Å². The Morgan fingerprint density at radius 1 is 1.31 bits per heavy atom. The van der Waals surface area contributed by atoms with Crippen molar-refractivity contribution in [2.24, 2.45) is 5.92 Å². The molecule has 1 unspecified atom stereocenters. The lowest BCUT2D eigenvalue weighted by Gasteiger charge is -2.36. The Morgan fingerprint density at radius 2 is 2.08 bits per heavy atom. The molecule has 1 saturated heterocycles. The zero-order valence-corrected chi connectivity index (χ0v) is 15.2. The van der Waals surface area contributed by atoms with E-state index in [1.54, 1.807) is 13.4 Å². The van der Waals surface area contributed by atoms with Crippen LogP contribution in [0.3, 0.4) is 0 Å². The van der Waals surface area contributed by atoms with Crippen LogP contribution in [0.2, 0.25) is 0 Å². The molecule has 0 saturated carbocycles. The molecular formula is C20H25NO5. The molecule has 1 fully saturated rings. The number of nitrogens with zero attached hydrogens (tertiary/aromatic N) is 1. The third-order valence-electron chi connectivity index (χ3n) is 4.86. The van der Waals surface area contributed by atoms with Crippen LogP contribution in [0.5, 0.6) is 11.5 Å². The van der Waals surface area contributed by atoms with Gasteiger partial charge in [-0.2, -0.15) is 0 Å². The molecule has 1 N–H and O–H groups in total. The summed E-state index contributed by atoms with van der Waals surface area (Å²) in [5, 5.41) is 9.25. The smallest absolute Gasteiger partial charge is 0.306 e. The first-order chi connectivity index (χ1) is 12.6. The molecule has 1 aromatic heterocycles. The molecule has 6 heteroatoms. The van der Waals surface area contributed by atoms with E-state index in [0.29, 0.717) is 44.0 Å². The fraction of sp³-hybridized carbons (Fsp3) is 0.450. The average molecular weight is 359 g/mol. The summed E-state index contributed by atoms with van der Waals surface area (Å²) in [5.41, 5.74) is 1.04. The SMILES string of the molecule is CCOc1ccc(C(c2ccco2)N2CCC(C(=O)O)CC2)cc1OC. The number of piperidine rings is 1. The number of hydrogen-bond acceptors (Lipinski definition) is 5. The molecule has 0 amide bonds. The highest BCUT2D eigenvalue weighted by Gasteiger charge is 2.31. The second kappa shape index (κ2) is 8.27. The summed E-state index contributed by atoms with van der Waals surface area (Å²) in [4.78, 5) is 13.5. The number of ether oxygens (including phenoxy) is 2. The van der Waals surface area contributed by atoms with Crippen LogP contribution in [-0.2, 0) is 4.79 Å². The first-order valence-electron chi connectivity index (χ1n) is 8.95. The lowest BCUT2D eigenvalue weighted by Crippen LogP contribution is -2.39. The molecule has 0 aliphatic carbocycles. The van der Waals surface area contributed by atoms with Gasteiger partial charge in [0.1, 0.15) is 5.76 Å². The Balaban J connectivity index is 1.89. The average Bonchev–Trinajstić information content (AvgIpc) is 3.18. The highest BCUT2D eigenvalue weighted by molar-refractivity contribution is 5.70. The molecule has 1 aliphatic heterocycles. The Hall–Kier alpha value is -2.47. The number of carboxylic acids is 1. The van der Waals surface area contributed by atoms with Crippen LogP contribution in [0, 0.1) is 5.92 Å². The highest BCUT2D eigenvalue weighted by Crippen LogP contribution is 2.37. The Kier molecular flexibility index (Phi) is 5.83. The molecule has 0 spiro atoms. The summed E-state index contributed by atoms with van der Waals surface area (Å²) in [7, 11) is 1.63. The molecule has 3 rings (SSSR count). The van der Waals surface area contributed by atoms with Crippen molar-refractivity contribution in [2.45, 2.75) is 25.8 Å². The molecule has 140 valence electrons. The Bertz CT molecular complexity index is 720. The van der Waals surface area contributed by atoms with Crippen LogP contribution in [0.4, 0.5) is 0 Å². The second-order valence-corrected chi connectivity index (χ2v) is 6.41. The standard InChI is InChI=1S/C20H25NO5/c1-3-25-16-7-6-15(13-18(16)24-2)19(17-5-4-12-26-17)21-10-8-14(9-11-21)20(22)23/h4-7,12-14,19H,3,8-11H2,1-2H3,(H,22,23). The summed E-state index contributed by atoms with van der Waals surface area (Å²) in [6.45, 7) is 3.92. The van der Waals surface area contributed by atoms with Crippen molar-refractivity contribution < 1.29 is 23.8 Å². The minimum atomic E-state index is -0.707. The van der Waals surface area contributed by atoms with Gasteiger partial charge in [0.15, 0.2) is 11.5 Å². The largest absolute Gasteiger partial charge is 0.493 e. The number of carboxylic acid groups (broad SMARTS) is 1. The number of rotatable bonds is 7. The summed E-state index contributed by atoms with van der Waals surface area (Å²) in [6.07, 6.45) is 2.94. The van der Waals surface area contributed by atoms with Crippen molar-refractivity contribution in [1.29, 1.82) is 0 Å². The van der Waals surface area contributed by atoms with Gasteiger partial charge in [0.2, 0.25) is 0 Å². The van der Waals surface area contributed by atoms with E-state index in [1.807, 2.05) is 37.3 Å². The maximum atomic E-state index is 11.2. The Morgan fingerprint density at radius 3 is 2.65 bits per heavy atom. The van der Waals surface area contributed by atoms with Crippen LogP contribution in [-0.4, -0.2) is 42.8 Å². The molecule has 1 aliphatic rings. The van der Waals surface area contributed by atoms with Crippen LogP contribution < -0.4 is 9.47 Å². The van der Waals surface area contributed by atoms with Gasteiger partial charge in [-0.1, -0.05) is 6.07 Å². The zero-order valence-electron chi connectivity index (χ0n) is 15.2. The number of methoxy groups -OCH3 is 1. The summed E-state index contributed by atoms with van der Waals surface area (Å²) < 4.78 is 16.8. The molecule has 6 nitrogen and oxygen atoms in total. The summed E-state index contributed by atoms with van der Waals surface area (Å²) >= 11 is 0. The van der Waals surface area contributed by atoms with E-state index in [-0.39, 0.29) is 12.0 Å². The van der Waals surface area contributed by atoms with E-state index in [9.17, 15) is 9.90 Å². The van der Waals surface area contributed by atoms with Crippen LogP contribution >= 0.6 is 0 Å².